The Bertz CT molecular complexity index is 704. The SMILES string of the molecule is CNS(=O)(=O)CCNS(=O)(=O)c1c(C)csc1C(=O)O. The Balaban J connectivity index is 2.96. The Hall–Kier alpha value is -1.01. The molecule has 0 amide bonds. The minimum absolute atomic E-state index is 0.300. The summed E-state index contributed by atoms with van der Waals surface area (Å²) in [4.78, 5) is 10.4. The first-order chi connectivity index (χ1) is 9.10. The summed E-state index contributed by atoms with van der Waals surface area (Å²) in [6.07, 6.45) is 0. The molecule has 0 radical (unpaired) electrons. The van der Waals surface area contributed by atoms with E-state index in [9.17, 15) is 21.6 Å². The van der Waals surface area contributed by atoms with Crippen molar-refractivity contribution in [2.24, 2.45) is 0 Å². The molecule has 3 N–H and O–H groups in total. The lowest BCUT2D eigenvalue weighted by atomic mass is 10.3. The van der Waals surface area contributed by atoms with Crippen molar-refractivity contribution in [1.82, 2.24) is 9.44 Å². The quantitative estimate of drug-likeness (QED) is 0.617. The minimum Gasteiger partial charge on any atom is -0.477 e. The van der Waals surface area contributed by atoms with Gasteiger partial charge in [-0.25, -0.2) is 31.1 Å². The minimum atomic E-state index is -4.07. The third-order valence-electron chi connectivity index (χ3n) is 2.35. The summed E-state index contributed by atoms with van der Waals surface area (Å²) in [5.74, 6) is -1.78. The fourth-order valence-electron chi connectivity index (χ4n) is 1.40. The number of aryl methyl sites for hydroxylation is 1. The molecule has 1 heterocycles. The van der Waals surface area contributed by atoms with Gasteiger partial charge in [-0.1, -0.05) is 0 Å². The number of nitrogens with one attached hydrogen (secondary N) is 2. The second-order valence-corrected chi connectivity index (χ2v) is 8.43. The number of carboxylic acids is 1. The average molecular weight is 342 g/mol. The van der Waals surface area contributed by atoms with Crippen molar-refractivity contribution in [3.05, 3.63) is 15.8 Å². The number of aromatic carboxylic acids is 1. The van der Waals surface area contributed by atoms with Crippen molar-refractivity contribution in [2.75, 3.05) is 19.3 Å². The predicted octanol–water partition coefficient (Wildman–Crippen LogP) is -0.418. The van der Waals surface area contributed by atoms with E-state index in [0.717, 1.165) is 11.3 Å². The van der Waals surface area contributed by atoms with E-state index in [1.165, 1.54) is 19.4 Å². The van der Waals surface area contributed by atoms with Crippen LogP contribution in [-0.2, 0) is 20.0 Å². The highest BCUT2D eigenvalue weighted by Crippen LogP contribution is 2.26. The third kappa shape index (κ3) is 3.99. The number of carbonyl (C=O) groups is 1. The van der Waals surface area contributed by atoms with E-state index >= 15 is 0 Å². The molecule has 0 aliphatic rings. The summed E-state index contributed by atoms with van der Waals surface area (Å²) in [6.45, 7) is 1.13. The van der Waals surface area contributed by atoms with E-state index in [0.29, 0.717) is 5.56 Å². The number of hydrogen-bond acceptors (Lipinski definition) is 6. The maximum atomic E-state index is 12.0. The zero-order valence-electron chi connectivity index (χ0n) is 10.7. The van der Waals surface area contributed by atoms with Gasteiger partial charge in [0.15, 0.2) is 0 Å². The molecule has 20 heavy (non-hydrogen) atoms. The van der Waals surface area contributed by atoms with Crippen molar-refractivity contribution in [2.45, 2.75) is 11.8 Å². The molecule has 0 unspecified atom stereocenters. The normalized spacial score (nSPS) is 12.5. The van der Waals surface area contributed by atoms with Crippen LogP contribution >= 0.6 is 11.3 Å². The Kier molecular flexibility index (Phi) is 5.27. The van der Waals surface area contributed by atoms with Gasteiger partial charge in [-0.3, -0.25) is 0 Å². The molecule has 0 saturated carbocycles. The molecule has 8 nitrogen and oxygen atoms in total. The van der Waals surface area contributed by atoms with Crippen LogP contribution in [0.1, 0.15) is 15.2 Å². The molecule has 1 aromatic heterocycles. The van der Waals surface area contributed by atoms with E-state index in [1.807, 2.05) is 4.72 Å². The summed E-state index contributed by atoms with van der Waals surface area (Å²) in [6, 6.07) is 0. The van der Waals surface area contributed by atoms with Gasteiger partial charge in [-0.05, 0) is 24.9 Å². The smallest absolute Gasteiger partial charge is 0.347 e. The summed E-state index contributed by atoms with van der Waals surface area (Å²) in [5.41, 5.74) is 0.302. The largest absolute Gasteiger partial charge is 0.477 e. The lowest BCUT2D eigenvalue weighted by Gasteiger charge is -2.07. The van der Waals surface area contributed by atoms with Gasteiger partial charge in [0, 0.05) is 6.54 Å². The molecule has 0 saturated heterocycles. The van der Waals surface area contributed by atoms with Gasteiger partial charge in [0.2, 0.25) is 20.0 Å². The van der Waals surface area contributed by atoms with Crippen LogP contribution in [-0.4, -0.2) is 47.3 Å². The summed E-state index contributed by atoms with van der Waals surface area (Å²) >= 11 is 0.805. The number of carboxylic acid groups (broad SMARTS) is 1. The zero-order valence-corrected chi connectivity index (χ0v) is 13.2. The van der Waals surface area contributed by atoms with E-state index in [1.54, 1.807) is 0 Å². The Morgan fingerprint density at radius 3 is 2.45 bits per heavy atom. The topological polar surface area (TPSA) is 130 Å². The molecule has 1 aromatic rings. The highest BCUT2D eigenvalue weighted by Gasteiger charge is 2.26. The second kappa shape index (κ2) is 6.18. The van der Waals surface area contributed by atoms with E-state index in [-0.39, 0.29) is 16.3 Å². The standard InChI is InChI=1S/C9H14N2O6S3/c1-6-5-18-7(9(12)13)8(6)20(16,17)11-3-4-19(14,15)10-2/h5,10-11H,3-4H2,1-2H3,(H,12,13). The third-order valence-corrected chi connectivity index (χ3v) is 6.58. The molecule has 0 aliphatic heterocycles. The molecular weight excluding hydrogens is 328 g/mol. The first-order valence-corrected chi connectivity index (χ1v) is 9.34. The molecular formula is C9H14N2O6S3. The molecule has 0 fully saturated rings. The highest BCUT2D eigenvalue weighted by atomic mass is 32.2. The average Bonchev–Trinajstić information content (AvgIpc) is 2.71. The van der Waals surface area contributed by atoms with Crippen molar-refractivity contribution >= 4 is 37.4 Å². The van der Waals surface area contributed by atoms with Crippen molar-refractivity contribution in [3.63, 3.8) is 0 Å². The van der Waals surface area contributed by atoms with Gasteiger partial charge in [-0.2, -0.15) is 0 Å². The van der Waals surface area contributed by atoms with Gasteiger partial charge in [-0.15, -0.1) is 11.3 Å². The lowest BCUT2D eigenvalue weighted by Crippen LogP contribution is -2.33. The molecule has 11 heteroatoms. The number of thiophene rings is 1. The number of hydrogen-bond donors (Lipinski definition) is 3. The highest BCUT2D eigenvalue weighted by molar-refractivity contribution is 7.90. The first kappa shape index (κ1) is 17.0. The molecule has 0 aliphatic carbocycles. The number of rotatable bonds is 7. The van der Waals surface area contributed by atoms with Crippen LogP contribution in [0.3, 0.4) is 0 Å². The number of sulfonamides is 2. The molecule has 0 atom stereocenters. The van der Waals surface area contributed by atoms with Gasteiger partial charge in [0.05, 0.1) is 5.75 Å². The maximum Gasteiger partial charge on any atom is 0.347 e. The van der Waals surface area contributed by atoms with Gasteiger partial charge < -0.3 is 5.11 Å². The van der Waals surface area contributed by atoms with Crippen LogP contribution in [0, 0.1) is 6.92 Å². The Morgan fingerprint density at radius 2 is 1.95 bits per heavy atom. The van der Waals surface area contributed by atoms with Crippen molar-refractivity contribution in [1.29, 1.82) is 0 Å². The molecule has 0 bridgehead atoms. The van der Waals surface area contributed by atoms with Crippen LogP contribution in [0.4, 0.5) is 0 Å². The second-order valence-electron chi connectivity index (χ2n) is 3.80. The monoisotopic (exact) mass is 342 g/mol. The van der Waals surface area contributed by atoms with Crippen LogP contribution in [0.25, 0.3) is 0 Å². The van der Waals surface area contributed by atoms with Crippen LogP contribution in [0.15, 0.2) is 10.3 Å². The fraction of sp³-hybridized carbons (Fsp3) is 0.444. The summed E-state index contributed by atoms with van der Waals surface area (Å²) in [7, 11) is -6.39. The Morgan fingerprint density at radius 1 is 1.35 bits per heavy atom. The van der Waals surface area contributed by atoms with Crippen LogP contribution < -0.4 is 9.44 Å². The van der Waals surface area contributed by atoms with Crippen LogP contribution in [0.5, 0.6) is 0 Å². The van der Waals surface area contributed by atoms with E-state index in [2.05, 4.69) is 4.72 Å². The molecule has 114 valence electrons. The van der Waals surface area contributed by atoms with E-state index in [4.69, 9.17) is 5.11 Å². The molecule has 1 rings (SSSR count). The first-order valence-electron chi connectivity index (χ1n) is 5.33. The van der Waals surface area contributed by atoms with Gasteiger partial charge >= 0.3 is 5.97 Å². The predicted molar refractivity (Wildman–Crippen MR) is 74.1 cm³/mol. The molecule has 0 aromatic carbocycles. The molecule has 0 spiro atoms. The maximum absolute atomic E-state index is 12.0. The van der Waals surface area contributed by atoms with Gasteiger partial charge in [0.25, 0.3) is 0 Å². The van der Waals surface area contributed by atoms with Gasteiger partial charge in [0.1, 0.15) is 9.77 Å². The Labute approximate surface area is 120 Å². The van der Waals surface area contributed by atoms with E-state index < -0.39 is 31.8 Å². The fourth-order valence-corrected chi connectivity index (χ4v) is 4.76. The van der Waals surface area contributed by atoms with Crippen molar-refractivity contribution < 1.29 is 26.7 Å². The summed E-state index contributed by atoms with van der Waals surface area (Å²) < 4.78 is 50.5. The van der Waals surface area contributed by atoms with Crippen LogP contribution in [0.2, 0.25) is 0 Å². The lowest BCUT2D eigenvalue weighted by molar-refractivity contribution is 0.0698. The summed E-state index contributed by atoms with van der Waals surface area (Å²) in [5, 5.41) is 10.4. The van der Waals surface area contributed by atoms with Crippen molar-refractivity contribution in [3.8, 4) is 0 Å². The zero-order chi connectivity index (χ0) is 15.6.